The average Bonchev–Trinajstić information content (AvgIpc) is 2.32. The standard InChI is InChI=1S/C13H20ClNO/c1-3-15(4-2)12-7-5-8-13(11-12)16-10-6-9-14/h5,7-8,11H,3-4,6,9-10H2,1-2H3. The predicted molar refractivity (Wildman–Crippen MR) is 70.8 cm³/mol. The minimum absolute atomic E-state index is 0.649. The van der Waals surface area contributed by atoms with Gasteiger partial charge in [-0.3, -0.25) is 0 Å². The highest BCUT2D eigenvalue weighted by atomic mass is 35.5. The van der Waals surface area contributed by atoms with Crippen LogP contribution in [0.15, 0.2) is 24.3 Å². The van der Waals surface area contributed by atoms with Gasteiger partial charge in [-0.25, -0.2) is 0 Å². The Bertz CT molecular complexity index is 300. The number of nitrogens with zero attached hydrogens (tertiary/aromatic N) is 1. The van der Waals surface area contributed by atoms with E-state index in [0.29, 0.717) is 12.5 Å². The van der Waals surface area contributed by atoms with Crippen molar-refractivity contribution in [3.8, 4) is 5.75 Å². The molecule has 3 heteroatoms. The van der Waals surface area contributed by atoms with Crippen LogP contribution in [0.1, 0.15) is 20.3 Å². The van der Waals surface area contributed by atoms with Crippen LogP contribution in [0.25, 0.3) is 0 Å². The summed E-state index contributed by atoms with van der Waals surface area (Å²) in [7, 11) is 0. The summed E-state index contributed by atoms with van der Waals surface area (Å²) in [6, 6.07) is 8.22. The molecule has 0 amide bonds. The maximum absolute atomic E-state index is 5.62. The lowest BCUT2D eigenvalue weighted by molar-refractivity contribution is 0.318. The first kappa shape index (κ1) is 13.2. The summed E-state index contributed by atoms with van der Waals surface area (Å²) < 4.78 is 5.62. The van der Waals surface area contributed by atoms with Crippen molar-refractivity contribution in [1.82, 2.24) is 0 Å². The zero-order chi connectivity index (χ0) is 11.8. The van der Waals surface area contributed by atoms with Gasteiger partial charge in [0.1, 0.15) is 5.75 Å². The molecular weight excluding hydrogens is 222 g/mol. The fourth-order valence-corrected chi connectivity index (χ4v) is 1.71. The second-order valence-corrected chi connectivity index (χ2v) is 3.94. The van der Waals surface area contributed by atoms with Gasteiger partial charge in [-0.15, -0.1) is 11.6 Å². The first-order chi connectivity index (χ1) is 7.81. The van der Waals surface area contributed by atoms with Crippen LogP contribution >= 0.6 is 11.6 Å². The van der Waals surface area contributed by atoms with Gasteiger partial charge in [-0.1, -0.05) is 6.07 Å². The second kappa shape index (κ2) is 7.39. The van der Waals surface area contributed by atoms with Crippen molar-refractivity contribution in [2.45, 2.75) is 20.3 Å². The molecule has 1 rings (SSSR count). The highest BCUT2D eigenvalue weighted by Gasteiger charge is 2.02. The van der Waals surface area contributed by atoms with E-state index < -0.39 is 0 Å². The van der Waals surface area contributed by atoms with E-state index in [1.807, 2.05) is 12.1 Å². The molecule has 0 saturated heterocycles. The van der Waals surface area contributed by atoms with Gasteiger partial charge in [0.2, 0.25) is 0 Å². The highest BCUT2D eigenvalue weighted by Crippen LogP contribution is 2.21. The molecule has 2 nitrogen and oxygen atoms in total. The van der Waals surface area contributed by atoms with Crippen molar-refractivity contribution in [2.75, 3.05) is 30.5 Å². The topological polar surface area (TPSA) is 12.5 Å². The third kappa shape index (κ3) is 3.93. The summed E-state index contributed by atoms with van der Waals surface area (Å²) in [6.45, 7) is 7.03. The highest BCUT2D eigenvalue weighted by molar-refractivity contribution is 6.17. The lowest BCUT2D eigenvalue weighted by atomic mass is 10.2. The maximum Gasteiger partial charge on any atom is 0.121 e. The molecule has 90 valence electrons. The third-order valence-electron chi connectivity index (χ3n) is 2.49. The molecule has 0 heterocycles. The molecule has 0 N–H and O–H groups in total. The molecule has 16 heavy (non-hydrogen) atoms. The Morgan fingerprint density at radius 2 is 2.00 bits per heavy atom. The van der Waals surface area contributed by atoms with Crippen LogP contribution in [0.5, 0.6) is 5.75 Å². The first-order valence-corrected chi connectivity index (χ1v) is 6.39. The monoisotopic (exact) mass is 241 g/mol. The van der Waals surface area contributed by atoms with E-state index in [2.05, 4.69) is 30.9 Å². The van der Waals surface area contributed by atoms with E-state index in [4.69, 9.17) is 16.3 Å². The number of hydrogen-bond donors (Lipinski definition) is 0. The minimum atomic E-state index is 0.649. The molecule has 0 unspecified atom stereocenters. The van der Waals surface area contributed by atoms with Gasteiger partial charge < -0.3 is 9.64 Å². The fourth-order valence-electron chi connectivity index (χ4n) is 1.60. The van der Waals surface area contributed by atoms with Crippen LogP contribution in [-0.4, -0.2) is 25.6 Å². The number of rotatable bonds is 7. The summed E-state index contributed by atoms with van der Waals surface area (Å²) in [4.78, 5) is 2.30. The summed E-state index contributed by atoms with van der Waals surface area (Å²) in [5.74, 6) is 1.57. The summed E-state index contributed by atoms with van der Waals surface area (Å²) in [5, 5.41) is 0. The lowest BCUT2D eigenvalue weighted by Crippen LogP contribution is -2.21. The molecule has 1 aromatic carbocycles. The van der Waals surface area contributed by atoms with Crippen molar-refractivity contribution >= 4 is 17.3 Å². The Morgan fingerprint density at radius 3 is 2.62 bits per heavy atom. The van der Waals surface area contributed by atoms with E-state index in [1.165, 1.54) is 5.69 Å². The minimum Gasteiger partial charge on any atom is -0.493 e. The van der Waals surface area contributed by atoms with E-state index in [1.54, 1.807) is 0 Å². The van der Waals surface area contributed by atoms with Gasteiger partial charge in [-0.2, -0.15) is 0 Å². The average molecular weight is 242 g/mol. The van der Waals surface area contributed by atoms with Gasteiger partial charge in [0.05, 0.1) is 6.61 Å². The molecule has 0 aromatic heterocycles. The molecule has 0 radical (unpaired) electrons. The van der Waals surface area contributed by atoms with Gasteiger partial charge in [0, 0.05) is 30.7 Å². The molecule has 0 aliphatic carbocycles. The zero-order valence-electron chi connectivity index (χ0n) is 10.1. The van der Waals surface area contributed by atoms with Crippen LogP contribution in [0.2, 0.25) is 0 Å². The van der Waals surface area contributed by atoms with E-state index in [0.717, 1.165) is 25.3 Å². The van der Waals surface area contributed by atoms with Gasteiger partial charge in [0.25, 0.3) is 0 Å². The fraction of sp³-hybridized carbons (Fsp3) is 0.538. The van der Waals surface area contributed by atoms with Crippen LogP contribution in [0.3, 0.4) is 0 Å². The van der Waals surface area contributed by atoms with E-state index in [-0.39, 0.29) is 0 Å². The smallest absolute Gasteiger partial charge is 0.121 e. The largest absolute Gasteiger partial charge is 0.493 e. The van der Waals surface area contributed by atoms with E-state index in [9.17, 15) is 0 Å². The first-order valence-electron chi connectivity index (χ1n) is 5.85. The number of anilines is 1. The Kier molecular flexibility index (Phi) is 6.09. The predicted octanol–water partition coefficient (Wildman–Crippen LogP) is 3.54. The molecule has 0 fully saturated rings. The quantitative estimate of drug-likeness (QED) is 0.535. The summed E-state index contributed by atoms with van der Waals surface area (Å²) >= 11 is 5.61. The Hall–Kier alpha value is -0.890. The summed E-state index contributed by atoms with van der Waals surface area (Å²) in [6.07, 6.45) is 0.886. The van der Waals surface area contributed by atoms with E-state index >= 15 is 0 Å². The lowest BCUT2D eigenvalue weighted by Gasteiger charge is -2.21. The molecule has 0 spiro atoms. The SMILES string of the molecule is CCN(CC)c1cccc(OCCCCl)c1. The van der Waals surface area contributed by atoms with Gasteiger partial charge >= 0.3 is 0 Å². The van der Waals surface area contributed by atoms with Gasteiger partial charge in [-0.05, 0) is 32.4 Å². The third-order valence-corrected chi connectivity index (χ3v) is 2.76. The number of benzene rings is 1. The molecule has 0 bridgehead atoms. The van der Waals surface area contributed by atoms with Crippen molar-refractivity contribution in [3.63, 3.8) is 0 Å². The van der Waals surface area contributed by atoms with Crippen LogP contribution < -0.4 is 9.64 Å². The second-order valence-electron chi connectivity index (χ2n) is 3.56. The number of hydrogen-bond acceptors (Lipinski definition) is 2. The zero-order valence-corrected chi connectivity index (χ0v) is 10.8. The van der Waals surface area contributed by atoms with Crippen molar-refractivity contribution in [3.05, 3.63) is 24.3 Å². The van der Waals surface area contributed by atoms with Crippen molar-refractivity contribution in [2.24, 2.45) is 0 Å². The summed E-state index contributed by atoms with van der Waals surface area (Å²) in [5.41, 5.74) is 1.22. The van der Waals surface area contributed by atoms with Crippen molar-refractivity contribution < 1.29 is 4.74 Å². The molecule has 0 atom stereocenters. The maximum atomic E-state index is 5.62. The van der Waals surface area contributed by atoms with Gasteiger partial charge in [0.15, 0.2) is 0 Å². The number of halogens is 1. The normalized spacial score (nSPS) is 10.2. The molecule has 0 aliphatic rings. The number of alkyl halides is 1. The van der Waals surface area contributed by atoms with Crippen LogP contribution in [0.4, 0.5) is 5.69 Å². The number of ether oxygens (including phenoxy) is 1. The van der Waals surface area contributed by atoms with Crippen LogP contribution in [0, 0.1) is 0 Å². The molecular formula is C13H20ClNO. The Labute approximate surface area is 103 Å². The molecule has 0 saturated carbocycles. The Morgan fingerprint density at radius 1 is 1.25 bits per heavy atom. The Balaban J connectivity index is 2.62. The van der Waals surface area contributed by atoms with Crippen LogP contribution in [-0.2, 0) is 0 Å². The van der Waals surface area contributed by atoms with Crippen molar-refractivity contribution in [1.29, 1.82) is 0 Å². The molecule has 1 aromatic rings. The molecule has 0 aliphatic heterocycles.